The Morgan fingerprint density at radius 3 is 2.82 bits per heavy atom. The monoisotopic (exact) mass is 273 g/mol. The summed E-state index contributed by atoms with van der Waals surface area (Å²) in [4.78, 5) is 0. The molecular weight excluding hydrogens is 265 g/mol. The van der Waals surface area contributed by atoms with E-state index in [0.717, 1.165) is 5.69 Å². The maximum atomic E-state index is 5.98. The maximum absolute atomic E-state index is 5.98. The van der Waals surface area contributed by atoms with Crippen LogP contribution in [0.5, 0.6) is 5.75 Å². The van der Waals surface area contributed by atoms with Crippen LogP contribution in [0.1, 0.15) is 5.89 Å². The summed E-state index contributed by atoms with van der Waals surface area (Å²) in [6.45, 7) is 0. The lowest BCUT2D eigenvalue weighted by Gasteiger charge is -2.05. The van der Waals surface area contributed by atoms with Gasteiger partial charge in [0, 0.05) is 5.69 Å². The number of aromatic nitrogens is 2. The van der Waals surface area contributed by atoms with Crippen molar-refractivity contribution in [1.82, 2.24) is 10.2 Å². The third-order valence-corrected chi connectivity index (χ3v) is 2.51. The van der Waals surface area contributed by atoms with Crippen LogP contribution < -0.4 is 10.1 Å². The van der Waals surface area contributed by atoms with E-state index in [4.69, 9.17) is 32.4 Å². The zero-order valence-corrected chi connectivity index (χ0v) is 10.4. The van der Waals surface area contributed by atoms with Crippen LogP contribution in [-0.4, -0.2) is 17.3 Å². The Balaban J connectivity index is 2.15. The van der Waals surface area contributed by atoms with Crippen molar-refractivity contribution in [3.63, 3.8) is 0 Å². The summed E-state index contributed by atoms with van der Waals surface area (Å²) >= 11 is 11.5. The molecule has 0 atom stereocenters. The van der Waals surface area contributed by atoms with Crippen LogP contribution in [0.3, 0.4) is 0 Å². The Hall–Kier alpha value is -1.46. The van der Waals surface area contributed by atoms with E-state index in [1.165, 1.54) is 0 Å². The molecule has 90 valence electrons. The molecule has 0 spiro atoms. The van der Waals surface area contributed by atoms with Gasteiger partial charge in [0.15, 0.2) is 0 Å². The van der Waals surface area contributed by atoms with E-state index >= 15 is 0 Å². The lowest BCUT2D eigenvalue weighted by molar-refractivity contribution is 0.415. The van der Waals surface area contributed by atoms with Gasteiger partial charge in [-0.2, -0.15) is 0 Å². The molecule has 0 fully saturated rings. The molecule has 0 saturated carbocycles. The van der Waals surface area contributed by atoms with Gasteiger partial charge in [-0.15, -0.1) is 16.7 Å². The van der Waals surface area contributed by atoms with Crippen molar-refractivity contribution in [3.8, 4) is 5.75 Å². The number of methoxy groups -OCH3 is 1. The highest BCUT2D eigenvalue weighted by atomic mass is 35.5. The highest BCUT2D eigenvalue weighted by molar-refractivity contribution is 6.32. The smallest absolute Gasteiger partial charge is 0.320 e. The molecule has 1 N–H and O–H groups in total. The molecule has 0 saturated heterocycles. The highest BCUT2D eigenvalue weighted by Crippen LogP contribution is 2.28. The normalized spacial score (nSPS) is 10.3. The molecule has 0 aliphatic rings. The number of nitrogens with one attached hydrogen (secondary N) is 1. The summed E-state index contributed by atoms with van der Waals surface area (Å²) in [6.07, 6.45) is 0. The molecule has 17 heavy (non-hydrogen) atoms. The van der Waals surface area contributed by atoms with Gasteiger partial charge < -0.3 is 14.5 Å². The summed E-state index contributed by atoms with van der Waals surface area (Å²) in [5.74, 6) is 1.14. The lowest BCUT2D eigenvalue weighted by atomic mass is 10.3. The zero-order valence-electron chi connectivity index (χ0n) is 8.91. The standard InChI is InChI=1S/C10H9Cl2N3O2/c1-16-8-3-2-6(4-7(8)12)13-10-15-14-9(5-11)17-10/h2-4H,5H2,1H3,(H,13,15). The van der Waals surface area contributed by atoms with Crippen LogP contribution in [0.2, 0.25) is 5.02 Å². The Bertz CT molecular complexity index is 516. The molecule has 5 nitrogen and oxygen atoms in total. The van der Waals surface area contributed by atoms with Crippen molar-refractivity contribution in [2.45, 2.75) is 5.88 Å². The Morgan fingerprint density at radius 1 is 1.41 bits per heavy atom. The van der Waals surface area contributed by atoms with Crippen LogP contribution in [0.15, 0.2) is 22.6 Å². The molecule has 7 heteroatoms. The minimum absolute atomic E-state index is 0.179. The second-order valence-corrected chi connectivity index (χ2v) is 3.78. The van der Waals surface area contributed by atoms with E-state index in [9.17, 15) is 0 Å². The van der Waals surface area contributed by atoms with E-state index in [2.05, 4.69) is 15.5 Å². The number of anilines is 2. The van der Waals surface area contributed by atoms with Crippen LogP contribution in [0.4, 0.5) is 11.7 Å². The van der Waals surface area contributed by atoms with E-state index in [1.54, 1.807) is 25.3 Å². The number of benzene rings is 1. The Labute approximate surface area is 108 Å². The van der Waals surface area contributed by atoms with Gasteiger partial charge >= 0.3 is 6.01 Å². The predicted octanol–water partition coefficient (Wildman–Crippen LogP) is 3.21. The summed E-state index contributed by atoms with van der Waals surface area (Å²) in [6, 6.07) is 5.49. The third kappa shape index (κ3) is 2.81. The first kappa shape index (κ1) is 12.0. The molecule has 0 bridgehead atoms. The fraction of sp³-hybridized carbons (Fsp3) is 0.200. The van der Waals surface area contributed by atoms with E-state index in [-0.39, 0.29) is 11.9 Å². The Kier molecular flexibility index (Phi) is 3.71. The molecule has 1 aromatic carbocycles. The SMILES string of the molecule is COc1ccc(Nc2nnc(CCl)o2)cc1Cl. The first-order chi connectivity index (χ1) is 8.22. The van der Waals surface area contributed by atoms with Crippen molar-refractivity contribution in [2.75, 3.05) is 12.4 Å². The van der Waals surface area contributed by atoms with E-state index in [1.807, 2.05) is 0 Å². The van der Waals surface area contributed by atoms with Crippen molar-refractivity contribution >= 4 is 34.9 Å². The number of hydrogen-bond acceptors (Lipinski definition) is 5. The molecule has 0 amide bonds. The topological polar surface area (TPSA) is 60.2 Å². The number of rotatable bonds is 4. The maximum Gasteiger partial charge on any atom is 0.320 e. The van der Waals surface area contributed by atoms with Gasteiger partial charge in [-0.1, -0.05) is 16.7 Å². The average molecular weight is 274 g/mol. The molecule has 1 aromatic heterocycles. The van der Waals surface area contributed by atoms with Gasteiger partial charge in [0.05, 0.1) is 12.1 Å². The van der Waals surface area contributed by atoms with Gasteiger partial charge in [-0.05, 0) is 18.2 Å². The Morgan fingerprint density at radius 2 is 2.24 bits per heavy atom. The molecule has 0 aliphatic heterocycles. The lowest BCUT2D eigenvalue weighted by Crippen LogP contribution is -1.91. The quantitative estimate of drug-likeness (QED) is 0.867. The first-order valence-corrected chi connectivity index (χ1v) is 5.63. The van der Waals surface area contributed by atoms with Crippen LogP contribution in [-0.2, 0) is 5.88 Å². The minimum atomic E-state index is 0.179. The molecule has 0 radical (unpaired) electrons. The van der Waals surface area contributed by atoms with Crippen LogP contribution in [0.25, 0.3) is 0 Å². The summed E-state index contributed by atoms with van der Waals surface area (Å²) in [5.41, 5.74) is 0.723. The van der Waals surface area contributed by atoms with Crippen LogP contribution in [0, 0.1) is 0 Å². The van der Waals surface area contributed by atoms with Gasteiger partial charge in [0.1, 0.15) is 11.6 Å². The molecule has 2 rings (SSSR count). The largest absolute Gasteiger partial charge is 0.495 e. The molecule has 1 heterocycles. The number of halogens is 2. The van der Waals surface area contributed by atoms with Crippen molar-refractivity contribution < 1.29 is 9.15 Å². The predicted molar refractivity (Wildman–Crippen MR) is 65.1 cm³/mol. The van der Waals surface area contributed by atoms with E-state index < -0.39 is 0 Å². The highest BCUT2D eigenvalue weighted by Gasteiger charge is 2.06. The number of hydrogen-bond donors (Lipinski definition) is 1. The first-order valence-electron chi connectivity index (χ1n) is 4.72. The second-order valence-electron chi connectivity index (χ2n) is 3.11. The third-order valence-electron chi connectivity index (χ3n) is 1.98. The second kappa shape index (κ2) is 5.25. The molecule has 0 aliphatic carbocycles. The van der Waals surface area contributed by atoms with E-state index in [0.29, 0.717) is 16.7 Å². The minimum Gasteiger partial charge on any atom is -0.495 e. The van der Waals surface area contributed by atoms with Gasteiger partial charge in [0.2, 0.25) is 5.89 Å². The van der Waals surface area contributed by atoms with Crippen molar-refractivity contribution in [2.24, 2.45) is 0 Å². The van der Waals surface area contributed by atoms with Gasteiger partial charge in [0.25, 0.3) is 0 Å². The number of ether oxygens (including phenoxy) is 1. The molecule has 2 aromatic rings. The van der Waals surface area contributed by atoms with Gasteiger partial charge in [-0.25, -0.2) is 0 Å². The van der Waals surface area contributed by atoms with Crippen molar-refractivity contribution in [1.29, 1.82) is 0 Å². The zero-order chi connectivity index (χ0) is 12.3. The molecule has 0 unspecified atom stereocenters. The fourth-order valence-corrected chi connectivity index (χ4v) is 1.59. The summed E-state index contributed by atoms with van der Waals surface area (Å²) < 4.78 is 10.2. The molecular formula is C10H9Cl2N3O2. The number of alkyl halides is 1. The summed E-state index contributed by atoms with van der Waals surface area (Å²) in [7, 11) is 1.55. The van der Waals surface area contributed by atoms with Crippen molar-refractivity contribution in [3.05, 3.63) is 29.1 Å². The van der Waals surface area contributed by atoms with Gasteiger partial charge in [-0.3, -0.25) is 0 Å². The number of nitrogens with zero attached hydrogens (tertiary/aromatic N) is 2. The van der Waals surface area contributed by atoms with Crippen LogP contribution >= 0.6 is 23.2 Å². The fourth-order valence-electron chi connectivity index (χ4n) is 1.23. The summed E-state index contributed by atoms with van der Waals surface area (Å²) in [5, 5.41) is 10.9. The average Bonchev–Trinajstić information content (AvgIpc) is 2.77.